The molecule has 0 aromatic heterocycles. The first-order chi connectivity index (χ1) is 9.28. The third-order valence-corrected chi connectivity index (χ3v) is 4.81. The molecule has 1 saturated carbocycles. The quantitative estimate of drug-likeness (QED) is 0.634. The zero-order valence-corrected chi connectivity index (χ0v) is 13.1. The van der Waals surface area contributed by atoms with Gasteiger partial charge in [0.05, 0.1) is 16.6 Å². The monoisotopic (exact) mass is 294 g/mol. The Morgan fingerprint density at radius 1 is 1.10 bits per heavy atom. The summed E-state index contributed by atoms with van der Waals surface area (Å²) in [5.74, 6) is 0.846. The largest absolute Gasteiger partial charge is 0.494 e. The lowest BCUT2D eigenvalue weighted by molar-refractivity contribution is 0.00578. The first kappa shape index (κ1) is 14.2. The fourth-order valence-electron chi connectivity index (χ4n) is 2.12. The fraction of sp³-hybridized carbons (Fsp3) is 0.600. The van der Waals surface area contributed by atoms with Crippen LogP contribution in [0.2, 0.25) is 0 Å². The van der Waals surface area contributed by atoms with E-state index in [-0.39, 0.29) is 29.8 Å². The summed E-state index contributed by atoms with van der Waals surface area (Å²) < 4.78 is 17.8. The van der Waals surface area contributed by atoms with Crippen molar-refractivity contribution in [3.63, 3.8) is 0 Å². The van der Waals surface area contributed by atoms with Crippen molar-refractivity contribution in [1.82, 2.24) is 0 Å². The van der Waals surface area contributed by atoms with Crippen molar-refractivity contribution in [2.45, 2.75) is 56.8 Å². The smallest absolute Gasteiger partial charge is 0.489 e. The number of rotatable bonds is 3. The third kappa shape index (κ3) is 2.57. The van der Waals surface area contributed by atoms with Gasteiger partial charge in [0.1, 0.15) is 11.9 Å². The van der Waals surface area contributed by atoms with Gasteiger partial charge in [0, 0.05) is 6.42 Å². The van der Waals surface area contributed by atoms with E-state index in [1.165, 1.54) is 0 Å². The molecule has 1 saturated heterocycles. The molecule has 0 spiro atoms. The Balaban J connectivity index is 1.69. The summed E-state index contributed by atoms with van der Waals surface area (Å²) in [7, 11) is -0.323. The Labute approximate surface area is 125 Å². The van der Waals surface area contributed by atoms with Crippen LogP contribution in [0.25, 0.3) is 0 Å². The van der Waals surface area contributed by atoms with Crippen LogP contribution in [0.5, 0.6) is 5.75 Å². The van der Waals surface area contributed by atoms with Crippen molar-refractivity contribution >= 4 is 24.2 Å². The zero-order chi connectivity index (χ0) is 14.5. The summed E-state index contributed by atoms with van der Waals surface area (Å²) in [6.07, 6.45) is 1.10. The molecule has 2 aliphatic rings. The molecule has 3 rings (SSSR count). The van der Waals surface area contributed by atoms with Gasteiger partial charge >= 0.3 is 7.12 Å². The molecule has 2 atom stereocenters. The van der Waals surface area contributed by atoms with E-state index in [2.05, 4.69) is 27.7 Å². The zero-order valence-electron chi connectivity index (χ0n) is 12.4. The highest BCUT2D eigenvalue weighted by atomic mass is 35.5. The topological polar surface area (TPSA) is 27.7 Å². The normalized spacial score (nSPS) is 30.4. The summed E-state index contributed by atoms with van der Waals surface area (Å²) >= 11 is 5.93. The first-order valence-electron chi connectivity index (χ1n) is 7.05. The molecule has 1 aromatic carbocycles. The van der Waals surface area contributed by atoms with Crippen LogP contribution in [0.15, 0.2) is 24.3 Å². The Hall–Kier alpha value is -0.705. The van der Waals surface area contributed by atoms with Gasteiger partial charge in [0.25, 0.3) is 0 Å². The van der Waals surface area contributed by atoms with Crippen molar-refractivity contribution < 1.29 is 14.0 Å². The summed E-state index contributed by atoms with van der Waals surface area (Å²) in [6, 6.07) is 7.87. The summed E-state index contributed by atoms with van der Waals surface area (Å²) in [5.41, 5.74) is 0.383. The van der Waals surface area contributed by atoms with E-state index in [1.54, 1.807) is 0 Å². The van der Waals surface area contributed by atoms with Gasteiger partial charge in [-0.3, -0.25) is 0 Å². The second kappa shape index (κ2) is 4.65. The van der Waals surface area contributed by atoms with Crippen molar-refractivity contribution in [2.75, 3.05) is 0 Å². The number of halogens is 1. The molecule has 3 nitrogen and oxygen atoms in total. The molecule has 5 heteroatoms. The van der Waals surface area contributed by atoms with Crippen molar-refractivity contribution in [2.24, 2.45) is 0 Å². The summed E-state index contributed by atoms with van der Waals surface area (Å²) in [4.78, 5) is 0. The maximum Gasteiger partial charge on any atom is 0.494 e. The highest BCUT2D eigenvalue weighted by Crippen LogP contribution is 2.37. The van der Waals surface area contributed by atoms with Gasteiger partial charge in [-0.05, 0) is 45.3 Å². The van der Waals surface area contributed by atoms with Gasteiger partial charge in [-0.15, -0.1) is 11.6 Å². The molecule has 0 bridgehead atoms. The van der Waals surface area contributed by atoms with Gasteiger partial charge in [-0.2, -0.15) is 0 Å². The highest BCUT2D eigenvalue weighted by molar-refractivity contribution is 6.62. The molecule has 2 unspecified atom stereocenters. The SMILES string of the molecule is CC1(C)OB(c2ccc(OC3CC3Cl)cc2)OC1(C)C. The van der Waals surface area contributed by atoms with Gasteiger partial charge in [0.15, 0.2) is 0 Å². The molecular formula is C15H20BClO3. The van der Waals surface area contributed by atoms with Crippen LogP contribution in [0.1, 0.15) is 34.1 Å². The molecule has 0 amide bonds. The lowest BCUT2D eigenvalue weighted by Crippen LogP contribution is -2.41. The molecule has 1 aromatic rings. The highest BCUT2D eigenvalue weighted by Gasteiger charge is 2.51. The van der Waals surface area contributed by atoms with Crippen LogP contribution in [0.4, 0.5) is 0 Å². The average Bonchev–Trinajstić information content (AvgIpc) is 2.98. The van der Waals surface area contributed by atoms with Crippen molar-refractivity contribution in [3.05, 3.63) is 24.3 Å². The van der Waals surface area contributed by atoms with Gasteiger partial charge < -0.3 is 14.0 Å². The van der Waals surface area contributed by atoms with Crippen LogP contribution in [-0.2, 0) is 9.31 Å². The van der Waals surface area contributed by atoms with E-state index in [9.17, 15) is 0 Å². The molecular weight excluding hydrogens is 274 g/mol. The minimum absolute atomic E-state index is 0.165. The molecule has 1 heterocycles. The molecule has 1 aliphatic carbocycles. The Bertz CT molecular complexity index is 484. The number of ether oxygens (including phenoxy) is 1. The van der Waals surface area contributed by atoms with E-state index in [4.69, 9.17) is 25.6 Å². The number of alkyl halides is 1. The molecule has 108 valence electrons. The summed E-state index contributed by atoms with van der Waals surface area (Å²) in [5, 5.41) is 0.165. The Morgan fingerprint density at radius 2 is 1.60 bits per heavy atom. The van der Waals surface area contributed by atoms with Gasteiger partial charge in [0.2, 0.25) is 0 Å². The van der Waals surface area contributed by atoms with E-state index in [1.807, 2.05) is 24.3 Å². The number of benzene rings is 1. The lowest BCUT2D eigenvalue weighted by Gasteiger charge is -2.32. The fourth-order valence-corrected chi connectivity index (χ4v) is 2.35. The van der Waals surface area contributed by atoms with Crippen LogP contribution in [0, 0.1) is 0 Å². The number of hydrogen-bond acceptors (Lipinski definition) is 3. The maximum absolute atomic E-state index is 6.02. The van der Waals surface area contributed by atoms with E-state index < -0.39 is 0 Å². The van der Waals surface area contributed by atoms with E-state index in [0.717, 1.165) is 17.6 Å². The van der Waals surface area contributed by atoms with Crippen molar-refractivity contribution in [3.8, 4) is 5.75 Å². The molecule has 0 radical (unpaired) electrons. The molecule has 20 heavy (non-hydrogen) atoms. The summed E-state index contributed by atoms with van der Waals surface area (Å²) in [6.45, 7) is 8.22. The lowest BCUT2D eigenvalue weighted by atomic mass is 9.79. The van der Waals surface area contributed by atoms with Gasteiger partial charge in [-0.1, -0.05) is 12.1 Å². The van der Waals surface area contributed by atoms with Crippen molar-refractivity contribution in [1.29, 1.82) is 0 Å². The molecule has 1 aliphatic heterocycles. The molecule has 2 fully saturated rings. The van der Waals surface area contributed by atoms with Crippen LogP contribution in [-0.4, -0.2) is 29.8 Å². The predicted molar refractivity (Wildman–Crippen MR) is 80.8 cm³/mol. The van der Waals surface area contributed by atoms with Crippen LogP contribution in [0.3, 0.4) is 0 Å². The average molecular weight is 295 g/mol. The van der Waals surface area contributed by atoms with Crippen LogP contribution >= 0.6 is 11.6 Å². The maximum atomic E-state index is 6.02. The molecule has 0 N–H and O–H groups in total. The van der Waals surface area contributed by atoms with E-state index >= 15 is 0 Å². The standard InChI is InChI=1S/C15H20BClO3/c1-14(2)15(3,4)20-16(19-14)10-5-7-11(8-6-10)18-13-9-12(13)17/h5-8,12-13H,9H2,1-4H3. The first-order valence-corrected chi connectivity index (χ1v) is 7.48. The van der Waals surface area contributed by atoms with E-state index in [0.29, 0.717) is 0 Å². The third-order valence-electron chi connectivity index (χ3n) is 4.35. The second-order valence-electron chi connectivity index (χ2n) is 6.57. The minimum Gasteiger partial charge on any atom is -0.489 e. The minimum atomic E-state index is -0.323. The number of hydrogen-bond donors (Lipinski definition) is 0. The second-order valence-corrected chi connectivity index (χ2v) is 7.13. The van der Waals surface area contributed by atoms with Crippen LogP contribution < -0.4 is 10.2 Å². The Morgan fingerprint density at radius 3 is 2.05 bits per heavy atom. The van der Waals surface area contributed by atoms with Gasteiger partial charge in [-0.25, -0.2) is 0 Å². The Kier molecular flexibility index (Phi) is 3.31. The predicted octanol–water partition coefficient (Wildman–Crippen LogP) is 2.74.